The van der Waals surface area contributed by atoms with Gasteiger partial charge in [-0.05, 0) is 29.7 Å². The lowest BCUT2D eigenvalue weighted by molar-refractivity contribution is -0.183. The van der Waals surface area contributed by atoms with Crippen molar-refractivity contribution in [3.63, 3.8) is 0 Å². The zero-order valence-corrected chi connectivity index (χ0v) is 12.0. The van der Waals surface area contributed by atoms with E-state index in [1.165, 1.54) is 11.1 Å². The van der Waals surface area contributed by atoms with E-state index in [9.17, 15) is 0 Å². The second-order valence-corrected chi connectivity index (χ2v) is 5.05. The van der Waals surface area contributed by atoms with Gasteiger partial charge >= 0.3 is 0 Å². The lowest BCUT2D eigenvalue weighted by atomic mass is 10.1. The summed E-state index contributed by atoms with van der Waals surface area (Å²) in [5.74, 6) is 0.880. The minimum absolute atomic E-state index is 0.109. The molecular weight excluding hydrogens is 264 g/mol. The first kappa shape index (κ1) is 14.1. The van der Waals surface area contributed by atoms with E-state index in [2.05, 4.69) is 24.3 Å². The summed E-state index contributed by atoms with van der Waals surface area (Å²) in [5.41, 5.74) is 2.41. The van der Waals surface area contributed by atoms with Gasteiger partial charge in [0.1, 0.15) is 5.75 Å². The molecule has 21 heavy (non-hydrogen) atoms. The van der Waals surface area contributed by atoms with Crippen LogP contribution in [0.3, 0.4) is 0 Å². The van der Waals surface area contributed by atoms with Crippen LogP contribution in [0, 0.1) is 0 Å². The Morgan fingerprint density at radius 1 is 0.857 bits per heavy atom. The fourth-order valence-corrected chi connectivity index (χ4v) is 2.35. The average molecular weight is 284 g/mol. The van der Waals surface area contributed by atoms with Crippen LogP contribution in [0.1, 0.15) is 12.8 Å². The fraction of sp³-hybridized carbons (Fsp3) is 0.333. The molecule has 2 aromatic rings. The molecule has 1 heterocycles. The predicted molar refractivity (Wildman–Crippen MR) is 82.3 cm³/mol. The Hall–Kier alpha value is -1.84. The lowest BCUT2D eigenvalue weighted by Gasteiger charge is -2.23. The van der Waals surface area contributed by atoms with Gasteiger partial charge in [-0.1, -0.05) is 42.5 Å². The van der Waals surface area contributed by atoms with Crippen molar-refractivity contribution in [3.05, 3.63) is 54.6 Å². The molecule has 2 aromatic carbocycles. The first-order valence-electron chi connectivity index (χ1n) is 7.43. The Balaban J connectivity index is 1.50. The molecule has 1 fully saturated rings. The van der Waals surface area contributed by atoms with Crippen molar-refractivity contribution < 1.29 is 14.2 Å². The van der Waals surface area contributed by atoms with Crippen LogP contribution in [-0.4, -0.2) is 26.1 Å². The standard InChI is InChI=1S/C18H20O3/c1-2-5-15(6-3-1)16-7-9-17(10-8-16)19-14-11-18-20-12-4-13-21-18/h1-3,5-10,18H,4,11-14H2. The average Bonchev–Trinajstić information content (AvgIpc) is 2.57. The largest absolute Gasteiger partial charge is 0.493 e. The molecule has 0 spiro atoms. The SMILES string of the molecule is c1ccc(-c2ccc(OCCC3OCCCO3)cc2)cc1. The van der Waals surface area contributed by atoms with Crippen molar-refractivity contribution in [2.45, 2.75) is 19.1 Å². The van der Waals surface area contributed by atoms with Crippen LogP contribution in [0.25, 0.3) is 11.1 Å². The lowest BCUT2D eigenvalue weighted by Crippen LogP contribution is -2.26. The van der Waals surface area contributed by atoms with Crippen LogP contribution < -0.4 is 4.74 Å². The molecule has 0 bridgehead atoms. The van der Waals surface area contributed by atoms with Crippen molar-refractivity contribution >= 4 is 0 Å². The third-order valence-corrected chi connectivity index (χ3v) is 3.48. The summed E-state index contributed by atoms with van der Waals surface area (Å²) in [4.78, 5) is 0. The van der Waals surface area contributed by atoms with Crippen LogP contribution in [0.15, 0.2) is 54.6 Å². The Bertz CT molecular complexity index is 530. The Morgan fingerprint density at radius 2 is 1.52 bits per heavy atom. The molecule has 0 saturated carbocycles. The second-order valence-electron chi connectivity index (χ2n) is 5.05. The van der Waals surface area contributed by atoms with E-state index < -0.39 is 0 Å². The molecule has 0 aromatic heterocycles. The maximum Gasteiger partial charge on any atom is 0.160 e. The third-order valence-electron chi connectivity index (χ3n) is 3.48. The summed E-state index contributed by atoms with van der Waals surface area (Å²) >= 11 is 0. The third kappa shape index (κ3) is 4.06. The Labute approximate surface area is 125 Å². The highest BCUT2D eigenvalue weighted by Crippen LogP contribution is 2.22. The number of hydrogen-bond acceptors (Lipinski definition) is 3. The van der Waals surface area contributed by atoms with Gasteiger partial charge in [0.05, 0.1) is 19.8 Å². The van der Waals surface area contributed by atoms with Gasteiger partial charge in [-0.15, -0.1) is 0 Å². The second kappa shape index (κ2) is 7.25. The molecule has 3 nitrogen and oxygen atoms in total. The van der Waals surface area contributed by atoms with E-state index in [0.717, 1.165) is 31.8 Å². The van der Waals surface area contributed by atoms with Crippen LogP contribution in [0.4, 0.5) is 0 Å². The van der Waals surface area contributed by atoms with E-state index in [1.807, 2.05) is 30.3 Å². The zero-order chi connectivity index (χ0) is 14.3. The number of rotatable bonds is 5. The molecule has 1 aliphatic rings. The Kier molecular flexibility index (Phi) is 4.87. The van der Waals surface area contributed by atoms with Gasteiger partial charge < -0.3 is 14.2 Å². The van der Waals surface area contributed by atoms with Gasteiger partial charge in [0.15, 0.2) is 6.29 Å². The number of benzene rings is 2. The molecule has 0 aliphatic carbocycles. The van der Waals surface area contributed by atoms with E-state index in [-0.39, 0.29) is 6.29 Å². The van der Waals surface area contributed by atoms with Crippen molar-refractivity contribution in [1.29, 1.82) is 0 Å². The zero-order valence-electron chi connectivity index (χ0n) is 12.0. The van der Waals surface area contributed by atoms with Crippen LogP contribution in [0.2, 0.25) is 0 Å². The van der Waals surface area contributed by atoms with Gasteiger partial charge in [0.2, 0.25) is 0 Å². The fourth-order valence-electron chi connectivity index (χ4n) is 2.35. The van der Waals surface area contributed by atoms with Gasteiger partial charge in [-0.2, -0.15) is 0 Å². The molecule has 1 saturated heterocycles. The predicted octanol–water partition coefficient (Wildman–Crippen LogP) is 3.89. The van der Waals surface area contributed by atoms with Crippen molar-refractivity contribution in [1.82, 2.24) is 0 Å². The number of hydrogen-bond donors (Lipinski definition) is 0. The first-order chi connectivity index (χ1) is 10.4. The molecule has 3 rings (SSSR count). The monoisotopic (exact) mass is 284 g/mol. The maximum atomic E-state index is 5.74. The first-order valence-corrected chi connectivity index (χ1v) is 7.43. The normalized spacial score (nSPS) is 15.8. The summed E-state index contributed by atoms with van der Waals surface area (Å²) in [6.45, 7) is 2.18. The molecule has 110 valence electrons. The maximum absolute atomic E-state index is 5.74. The summed E-state index contributed by atoms with van der Waals surface area (Å²) in [6, 6.07) is 18.5. The summed E-state index contributed by atoms with van der Waals surface area (Å²) < 4.78 is 16.7. The highest BCUT2D eigenvalue weighted by atomic mass is 16.7. The summed E-state index contributed by atoms with van der Waals surface area (Å²) in [5, 5.41) is 0. The highest BCUT2D eigenvalue weighted by Gasteiger charge is 2.13. The van der Waals surface area contributed by atoms with E-state index >= 15 is 0 Å². The minimum atomic E-state index is -0.109. The minimum Gasteiger partial charge on any atom is -0.493 e. The van der Waals surface area contributed by atoms with E-state index in [1.54, 1.807) is 0 Å². The van der Waals surface area contributed by atoms with Crippen molar-refractivity contribution in [2.24, 2.45) is 0 Å². The topological polar surface area (TPSA) is 27.7 Å². The van der Waals surface area contributed by atoms with Crippen molar-refractivity contribution in [3.8, 4) is 16.9 Å². The summed E-state index contributed by atoms with van der Waals surface area (Å²) in [7, 11) is 0. The smallest absolute Gasteiger partial charge is 0.160 e. The molecular formula is C18H20O3. The quantitative estimate of drug-likeness (QED) is 0.833. The molecule has 0 atom stereocenters. The molecule has 0 amide bonds. The number of ether oxygens (including phenoxy) is 3. The molecule has 3 heteroatoms. The molecule has 0 radical (unpaired) electrons. The van der Waals surface area contributed by atoms with Gasteiger partial charge in [-0.3, -0.25) is 0 Å². The van der Waals surface area contributed by atoms with Gasteiger partial charge in [0.25, 0.3) is 0 Å². The highest BCUT2D eigenvalue weighted by molar-refractivity contribution is 5.63. The van der Waals surface area contributed by atoms with Gasteiger partial charge in [0, 0.05) is 6.42 Å². The van der Waals surface area contributed by atoms with E-state index in [4.69, 9.17) is 14.2 Å². The summed E-state index contributed by atoms with van der Waals surface area (Å²) in [6.07, 6.45) is 1.64. The van der Waals surface area contributed by atoms with Gasteiger partial charge in [-0.25, -0.2) is 0 Å². The Morgan fingerprint density at radius 3 is 2.24 bits per heavy atom. The van der Waals surface area contributed by atoms with Crippen LogP contribution in [0.5, 0.6) is 5.75 Å². The van der Waals surface area contributed by atoms with Crippen LogP contribution >= 0.6 is 0 Å². The van der Waals surface area contributed by atoms with Crippen LogP contribution in [-0.2, 0) is 9.47 Å². The molecule has 1 aliphatic heterocycles. The van der Waals surface area contributed by atoms with E-state index in [0.29, 0.717) is 6.61 Å². The van der Waals surface area contributed by atoms with Crippen molar-refractivity contribution in [2.75, 3.05) is 19.8 Å². The molecule has 0 unspecified atom stereocenters. The molecule has 0 N–H and O–H groups in total.